The average molecular weight is 440 g/mol. The molecule has 6 rings (SSSR count). The molecule has 0 aliphatic heterocycles. The number of para-hydroxylation sites is 1. The first kappa shape index (κ1) is 20.9. The molecule has 0 radical (unpaired) electrons. The zero-order valence-electron chi connectivity index (χ0n) is 18.2. The number of unbranched alkanes of at least 4 members (excludes halogenated alkanes) is 2. The second-order valence-electron chi connectivity index (χ2n) is 10.4. The molecule has 0 atom stereocenters. The number of benzene rings is 1. The van der Waals surface area contributed by atoms with Crippen molar-refractivity contribution in [2.45, 2.75) is 70.8 Å². The highest BCUT2D eigenvalue weighted by Gasteiger charge is 2.50. The van der Waals surface area contributed by atoms with Crippen molar-refractivity contribution in [3.8, 4) is 0 Å². The maximum absolute atomic E-state index is 12.7. The molecule has 4 saturated carbocycles. The van der Waals surface area contributed by atoms with E-state index in [2.05, 4.69) is 10.3 Å². The number of hydrogen-bond donors (Lipinski definition) is 2. The molecule has 1 amide bonds. The summed E-state index contributed by atoms with van der Waals surface area (Å²) in [6.45, 7) is 1.48. The second kappa shape index (κ2) is 8.53. The Morgan fingerprint density at radius 1 is 1.06 bits per heavy atom. The number of amides is 1. The van der Waals surface area contributed by atoms with E-state index in [1.807, 2.05) is 24.3 Å². The maximum atomic E-state index is 12.7. The minimum absolute atomic E-state index is 0.0346. The Labute approximate surface area is 188 Å². The van der Waals surface area contributed by atoms with Crippen LogP contribution in [-0.4, -0.2) is 22.0 Å². The number of H-pyrrole nitrogens is 1. The lowest BCUT2D eigenvalue weighted by atomic mass is 9.49. The third kappa shape index (κ3) is 4.36. The van der Waals surface area contributed by atoms with E-state index in [0.717, 1.165) is 49.1 Å². The molecular weight excluding hydrogens is 406 g/mol. The molecule has 0 unspecified atom stereocenters. The van der Waals surface area contributed by atoms with Crippen LogP contribution in [0.25, 0.3) is 10.9 Å². The molecule has 4 fully saturated rings. The molecule has 4 aliphatic carbocycles. The van der Waals surface area contributed by atoms with Gasteiger partial charge in [0.1, 0.15) is 0 Å². The third-order valence-electron chi connectivity index (χ3n) is 8.00. The average Bonchev–Trinajstić information content (AvgIpc) is 2.73. The Morgan fingerprint density at radius 2 is 1.74 bits per heavy atom. The predicted molar refractivity (Wildman–Crippen MR) is 125 cm³/mol. The van der Waals surface area contributed by atoms with Gasteiger partial charge in [0.25, 0.3) is 5.56 Å². The first-order valence-corrected chi connectivity index (χ1v) is 12.4. The fourth-order valence-corrected chi connectivity index (χ4v) is 7.30. The van der Waals surface area contributed by atoms with Crippen molar-refractivity contribution in [3.05, 3.63) is 39.4 Å². The fourth-order valence-electron chi connectivity index (χ4n) is 7.02. The Morgan fingerprint density at radius 3 is 2.45 bits per heavy atom. The minimum Gasteiger partial charge on any atom is -0.356 e. The fraction of sp³-hybridized carbons (Fsp3) is 0.640. The first-order valence-electron chi connectivity index (χ1n) is 12.0. The van der Waals surface area contributed by atoms with Crippen molar-refractivity contribution in [3.63, 3.8) is 0 Å². The van der Waals surface area contributed by atoms with Crippen LogP contribution < -0.4 is 10.9 Å². The van der Waals surface area contributed by atoms with Gasteiger partial charge in [0, 0.05) is 19.5 Å². The normalized spacial score (nSPS) is 28.8. The molecule has 31 heavy (non-hydrogen) atoms. The van der Waals surface area contributed by atoms with Crippen LogP contribution in [0.15, 0.2) is 29.1 Å². The summed E-state index contributed by atoms with van der Waals surface area (Å²) in [6, 6.07) is 7.46. The van der Waals surface area contributed by atoms with Gasteiger partial charge in [-0.15, -0.1) is 0 Å². The van der Waals surface area contributed by atoms with Crippen molar-refractivity contribution >= 4 is 29.0 Å². The van der Waals surface area contributed by atoms with Crippen LogP contribution in [0.4, 0.5) is 0 Å². The number of carbonyl (C=O) groups excluding carboxylic acids is 1. The second-order valence-corrected chi connectivity index (χ2v) is 10.8. The number of aromatic nitrogens is 2. The van der Waals surface area contributed by atoms with Crippen LogP contribution in [0.2, 0.25) is 0 Å². The Hall–Kier alpha value is -1.95. The highest BCUT2D eigenvalue weighted by Crippen LogP contribution is 2.59. The molecule has 6 heteroatoms. The van der Waals surface area contributed by atoms with Gasteiger partial charge in [0.2, 0.25) is 5.91 Å². The zero-order chi connectivity index (χ0) is 21.4. The summed E-state index contributed by atoms with van der Waals surface area (Å²) in [5, 5.41) is 3.94. The van der Waals surface area contributed by atoms with E-state index < -0.39 is 0 Å². The van der Waals surface area contributed by atoms with E-state index in [-0.39, 0.29) is 11.5 Å². The number of hydrogen-bond acceptors (Lipinski definition) is 3. The number of nitrogens with one attached hydrogen (secondary N) is 2. The Balaban J connectivity index is 1.06. The van der Waals surface area contributed by atoms with Crippen LogP contribution in [-0.2, 0) is 11.3 Å². The molecule has 5 nitrogen and oxygen atoms in total. The largest absolute Gasteiger partial charge is 0.356 e. The molecule has 166 valence electrons. The minimum atomic E-state index is -0.0346. The predicted octanol–water partition coefficient (Wildman–Crippen LogP) is 4.95. The van der Waals surface area contributed by atoms with E-state index in [1.165, 1.54) is 38.5 Å². The van der Waals surface area contributed by atoms with Crippen molar-refractivity contribution < 1.29 is 4.79 Å². The summed E-state index contributed by atoms with van der Waals surface area (Å²) in [6.07, 6.45) is 11.5. The molecule has 1 aromatic carbocycles. The number of fused-ring (bicyclic) bond motifs is 1. The van der Waals surface area contributed by atoms with Gasteiger partial charge in [-0.2, -0.15) is 0 Å². The maximum Gasteiger partial charge on any atom is 0.262 e. The van der Waals surface area contributed by atoms with Gasteiger partial charge in [-0.25, -0.2) is 0 Å². The molecule has 2 N–H and O–H groups in total. The number of rotatable bonds is 8. The summed E-state index contributed by atoms with van der Waals surface area (Å²) in [5.41, 5.74) is 1.15. The molecular formula is C25H33N3O2S. The van der Waals surface area contributed by atoms with Crippen molar-refractivity contribution in [2.24, 2.45) is 23.2 Å². The van der Waals surface area contributed by atoms with Crippen molar-refractivity contribution in [1.29, 1.82) is 0 Å². The summed E-state index contributed by atoms with van der Waals surface area (Å²) >= 11 is 5.37. The lowest BCUT2D eigenvalue weighted by Gasteiger charge is -2.56. The number of nitrogens with zero attached hydrogens (tertiary/aromatic N) is 1. The summed E-state index contributed by atoms with van der Waals surface area (Å²) in [4.78, 5) is 28.3. The Bertz CT molecular complexity index is 1050. The lowest BCUT2D eigenvalue weighted by Crippen LogP contribution is -2.51. The summed E-state index contributed by atoms with van der Waals surface area (Å²) in [5.74, 6) is 2.96. The molecule has 4 aliphatic rings. The third-order valence-corrected chi connectivity index (χ3v) is 8.32. The molecule has 0 saturated heterocycles. The highest BCUT2D eigenvalue weighted by atomic mass is 32.1. The van der Waals surface area contributed by atoms with E-state index in [9.17, 15) is 9.59 Å². The zero-order valence-corrected chi connectivity index (χ0v) is 19.0. The van der Waals surface area contributed by atoms with Gasteiger partial charge in [0.15, 0.2) is 4.77 Å². The lowest BCUT2D eigenvalue weighted by molar-refractivity contribution is -0.123. The monoisotopic (exact) mass is 439 g/mol. The molecule has 4 bridgehead atoms. The van der Waals surface area contributed by atoms with Crippen molar-refractivity contribution in [2.75, 3.05) is 6.54 Å². The van der Waals surface area contributed by atoms with E-state index in [1.54, 1.807) is 4.57 Å². The van der Waals surface area contributed by atoms with Gasteiger partial charge >= 0.3 is 0 Å². The van der Waals surface area contributed by atoms with E-state index in [4.69, 9.17) is 12.2 Å². The molecule has 0 spiro atoms. The first-order chi connectivity index (χ1) is 15.0. The summed E-state index contributed by atoms with van der Waals surface area (Å²) < 4.78 is 2.11. The Kier molecular flexibility index (Phi) is 5.76. The van der Waals surface area contributed by atoms with Crippen LogP contribution in [0.5, 0.6) is 0 Å². The molecule has 1 heterocycles. The SMILES string of the molecule is O=C(CCCCCn1c(=S)[nH]c2ccccc2c1=O)NCC12CC3CC(CC(C3)C1)C2. The quantitative estimate of drug-likeness (QED) is 0.452. The highest BCUT2D eigenvalue weighted by molar-refractivity contribution is 7.71. The topological polar surface area (TPSA) is 66.9 Å². The standard InChI is InChI=1S/C25H33N3O2S/c29-22(26-16-25-13-17-10-18(14-25)12-19(11-17)15-25)8-2-1-5-9-28-23(30)20-6-3-4-7-21(20)27-24(28)31/h3-4,6-7,17-19H,1-2,5,8-16H2,(H,26,29)(H,27,31). The van der Waals surface area contributed by atoms with Gasteiger partial charge in [-0.05, 0) is 98.9 Å². The van der Waals surface area contributed by atoms with Crippen molar-refractivity contribution in [1.82, 2.24) is 14.9 Å². The summed E-state index contributed by atoms with van der Waals surface area (Å²) in [7, 11) is 0. The van der Waals surface area contributed by atoms with Crippen LogP contribution in [0.3, 0.4) is 0 Å². The number of carbonyl (C=O) groups is 1. The van der Waals surface area contributed by atoms with Gasteiger partial charge in [0.05, 0.1) is 10.9 Å². The van der Waals surface area contributed by atoms with Crippen LogP contribution in [0.1, 0.15) is 64.2 Å². The van der Waals surface area contributed by atoms with Gasteiger partial charge in [-0.1, -0.05) is 18.6 Å². The van der Waals surface area contributed by atoms with E-state index in [0.29, 0.717) is 28.5 Å². The van der Waals surface area contributed by atoms with Gasteiger partial charge in [-0.3, -0.25) is 14.2 Å². The molecule has 2 aromatic rings. The van der Waals surface area contributed by atoms with Crippen LogP contribution in [0, 0.1) is 27.9 Å². The molecule has 1 aromatic heterocycles. The number of aromatic amines is 1. The van der Waals surface area contributed by atoms with E-state index >= 15 is 0 Å². The van der Waals surface area contributed by atoms with Gasteiger partial charge < -0.3 is 10.3 Å². The van der Waals surface area contributed by atoms with Crippen LogP contribution >= 0.6 is 12.2 Å². The smallest absolute Gasteiger partial charge is 0.262 e.